The second kappa shape index (κ2) is 7.64. The van der Waals surface area contributed by atoms with Crippen molar-refractivity contribution in [2.24, 2.45) is 0 Å². The number of hydrogen-bond acceptors (Lipinski definition) is 6. The molecule has 0 amide bonds. The van der Waals surface area contributed by atoms with Crippen molar-refractivity contribution < 1.29 is 12.8 Å². The van der Waals surface area contributed by atoms with Gasteiger partial charge in [0.05, 0.1) is 4.90 Å². The average molecular weight is 405 g/mol. The van der Waals surface area contributed by atoms with Crippen LogP contribution in [0.15, 0.2) is 51.5 Å². The van der Waals surface area contributed by atoms with Gasteiger partial charge in [0.1, 0.15) is 17.4 Å². The third-order valence-corrected chi connectivity index (χ3v) is 7.03. The van der Waals surface area contributed by atoms with Crippen LogP contribution in [0.5, 0.6) is 0 Å². The van der Waals surface area contributed by atoms with Crippen LogP contribution >= 0.6 is 11.8 Å². The first kappa shape index (κ1) is 19.3. The van der Waals surface area contributed by atoms with Gasteiger partial charge in [-0.15, -0.1) is 10.2 Å². The Morgan fingerprint density at radius 3 is 2.63 bits per heavy atom. The maximum absolute atomic E-state index is 13.8. The Bertz CT molecular complexity index is 1130. The van der Waals surface area contributed by atoms with E-state index in [4.69, 9.17) is 0 Å². The molecule has 0 saturated carbocycles. The third kappa shape index (κ3) is 3.53. The monoisotopic (exact) mass is 405 g/mol. The Labute approximate surface area is 160 Å². The zero-order valence-electron chi connectivity index (χ0n) is 14.6. The van der Waals surface area contributed by atoms with Gasteiger partial charge in [0, 0.05) is 24.2 Å². The highest BCUT2D eigenvalue weighted by Gasteiger charge is 2.23. The molecule has 0 N–H and O–H groups in total. The summed E-state index contributed by atoms with van der Waals surface area (Å²) in [6, 6.07) is 9.18. The number of nitriles is 1. The molecule has 1 aromatic carbocycles. The number of rotatable bonds is 6. The summed E-state index contributed by atoms with van der Waals surface area (Å²) < 4.78 is 42.2. The molecule has 0 atom stereocenters. The summed E-state index contributed by atoms with van der Waals surface area (Å²) in [5.74, 6) is -0.624. The van der Waals surface area contributed by atoms with Crippen LogP contribution in [0.3, 0.4) is 0 Å². The molecule has 0 fully saturated rings. The Morgan fingerprint density at radius 2 is 1.96 bits per heavy atom. The van der Waals surface area contributed by atoms with E-state index in [2.05, 4.69) is 10.2 Å². The quantitative estimate of drug-likeness (QED) is 0.626. The van der Waals surface area contributed by atoms with Crippen molar-refractivity contribution in [3.05, 3.63) is 47.9 Å². The number of sulfonamides is 1. The van der Waals surface area contributed by atoms with Gasteiger partial charge in [0.15, 0.2) is 5.65 Å². The van der Waals surface area contributed by atoms with Gasteiger partial charge in [-0.05, 0) is 36.0 Å². The Morgan fingerprint density at radius 1 is 1.22 bits per heavy atom. The highest BCUT2D eigenvalue weighted by molar-refractivity contribution is 7.99. The summed E-state index contributed by atoms with van der Waals surface area (Å²) in [4.78, 5) is 0.490. The summed E-state index contributed by atoms with van der Waals surface area (Å²) >= 11 is 1.05. The van der Waals surface area contributed by atoms with E-state index in [0.29, 0.717) is 28.8 Å². The molecule has 3 rings (SSSR count). The lowest BCUT2D eigenvalue weighted by Gasteiger charge is -2.18. The van der Waals surface area contributed by atoms with Gasteiger partial charge >= 0.3 is 0 Å². The summed E-state index contributed by atoms with van der Waals surface area (Å²) in [7, 11) is -3.64. The molecule has 0 radical (unpaired) electrons. The number of halogens is 1. The standard InChI is InChI=1S/C17H16FN5O2S2/c1-3-22(4-2)27(24,25)12-8-9-16-20-21-17(23(16)11-12)26-15-7-5-6-14(18)13(15)10-19/h5-9,11H,3-4H2,1-2H3. The van der Waals surface area contributed by atoms with Crippen molar-refractivity contribution in [3.8, 4) is 6.07 Å². The van der Waals surface area contributed by atoms with Crippen LogP contribution < -0.4 is 0 Å². The molecule has 2 heterocycles. The number of nitrogens with zero attached hydrogens (tertiary/aromatic N) is 5. The van der Waals surface area contributed by atoms with Gasteiger partial charge in [-0.1, -0.05) is 19.9 Å². The van der Waals surface area contributed by atoms with Crippen LogP contribution in [0.1, 0.15) is 19.4 Å². The van der Waals surface area contributed by atoms with E-state index in [9.17, 15) is 18.1 Å². The fraction of sp³-hybridized carbons (Fsp3) is 0.235. The molecule has 7 nitrogen and oxygen atoms in total. The van der Waals surface area contributed by atoms with Crippen LogP contribution in [-0.2, 0) is 10.0 Å². The first-order chi connectivity index (χ1) is 12.9. The Hall–Kier alpha value is -2.48. The maximum Gasteiger partial charge on any atom is 0.244 e. The SMILES string of the molecule is CCN(CC)S(=O)(=O)c1ccc2nnc(Sc3cccc(F)c3C#N)n2c1. The molecule has 0 aliphatic carbocycles. The highest BCUT2D eigenvalue weighted by atomic mass is 32.2. The van der Waals surface area contributed by atoms with Crippen molar-refractivity contribution in [1.29, 1.82) is 5.26 Å². The lowest BCUT2D eigenvalue weighted by atomic mass is 10.2. The predicted molar refractivity (Wildman–Crippen MR) is 98.3 cm³/mol. The van der Waals surface area contributed by atoms with Crippen molar-refractivity contribution >= 4 is 27.4 Å². The Kier molecular flexibility index (Phi) is 5.46. The van der Waals surface area contributed by atoms with Gasteiger partial charge < -0.3 is 0 Å². The summed E-state index contributed by atoms with van der Waals surface area (Å²) in [6.07, 6.45) is 1.44. The molecule has 0 unspecified atom stereocenters. The van der Waals surface area contributed by atoms with E-state index >= 15 is 0 Å². The van der Waals surface area contributed by atoms with Gasteiger partial charge in [0.25, 0.3) is 0 Å². The number of pyridine rings is 1. The first-order valence-electron chi connectivity index (χ1n) is 8.13. The molecule has 0 aliphatic heterocycles. The second-order valence-electron chi connectivity index (χ2n) is 5.49. The molecule has 140 valence electrons. The number of hydrogen-bond donors (Lipinski definition) is 0. The molecule has 2 aromatic heterocycles. The minimum atomic E-state index is -3.64. The van der Waals surface area contributed by atoms with E-state index in [1.807, 2.05) is 6.07 Å². The molecule has 10 heteroatoms. The second-order valence-corrected chi connectivity index (χ2v) is 8.44. The van der Waals surface area contributed by atoms with Crippen molar-refractivity contribution in [1.82, 2.24) is 18.9 Å². The van der Waals surface area contributed by atoms with Crippen LogP contribution in [-0.4, -0.2) is 40.4 Å². The van der Waals surface area contributed by atoms with Crippen molar-refractivity contribution in [3.63, 3.8) is 0 Å². The zero-order valence-corrected chi connectivity index (χ0v) is 16.3. The lowest BCUT2D eigenvalue weighted by Crippen LogP contribution is -2.30. The number of benzene rings is 1. The normalized spacial score (nSPS) is 11.8. The maximum atomic E-state index is 13.8. The summed E-state index contributed by atoms with van der Waals surface area (Å²) in [5.41, 5.74) is 0.358. The smallest absolute Gasteiger partial charge is 0.244 e. The highest BCUT2D eigenvalue weighted by Crippen LogP contribution is 2.31. The van der Waals surface area contributed by atoms with Gasteiger partial charge in [-0.3, -0.25) is 4.40 Å². The van der Waals surface area contributed by atoms with Crippen LogP contribution in [0.25, 0.3) is 5.65 Å². The first-order valence-corrected chi connectivity index (χ1v) is 10.4. The van der Waals surface area contributed by atoms with E-state index < -0.39 is 15.8 Å². The molecule has 0 saturated heterocycles. The molecule has 0 aliphatic rings. The molecule has 27 heavy (non-hydrogen) atoms. The zero-order chi connectivity index (χ0) is 19.6. The summed E-state index contributed by atoms with van der Waals surface area (Å²) in [6.45, 7) is 4.25. The van der Waals surface area contributed by atoms with Crippen LogP contribution in [0, 0.1) is 17.1 Å². The minimum Gasteiger partial charge on any atom is -0.276 e. The summed E-state index contributed by atoms with van der Waals surface area (Å²) in [5, 5.41) is 17.6. The van der Waals surface area contributed by atoms with Crippen molar-refractivity contribution in [2.45, 2.75) is 28.8 Å². The minimum absolute atomic E-state index is 0.0915. The van der Waals surface area contributed by atoms with Gasteiger partial charge in [-0.2, -0.15) is 9.57 Å². The largest absolute Gasteiger partial charge is 0.276 e. The number of fused-ring (bicyclic) bond motifs is 1. The number of aromatic nitrogens is 3. The van der Waals surface area contributed by atoms with Crippen molar-refractivity contribution in [2.75, 3.05) is 13.1 Å². The lowest BCUT2D eigenvalue weighted by molar-refractivity contribution is 0.445. The molecular formula is C17H16FN5O2S2. The molecule has 3 aromatic rings. The van der Waals surface area contributed by atoms with Crippen LogP contribution in [0.4, 0.5) is 4.39 Å². The molecule has 0 bridgehead atoms. The van der Waals surface area contributed by atoms with Gasteiger partial charge in [0.2, 0.25) is 15.2 Å². The fourth-order valence-corrected chi connectivity index (χ4v) is 4.95. The fourth-order valence-electron chi connectivity index (χ4n) is 2.58. The third-order valence-electron chi connectivity index (χ3n) is 3.98. The van der Waals surface area contributed by atoms with E-state index in [-0.39, 0.29) is 10.5 Å². The predicted octanol–water partition coefficient (Wildman–Crippen LogP) is 2.92. The molecule has 0 spiro atoms. The van der Waals surface area contributed by atoms with E-state index in [1.54, 1.807) is 26.0 Å². The molecular weight excluding hydrogens is 389 g/mol. The Balaban J connectivity index is 2.07. The topological polar surface area (TPSA) is 91.4 Å². The van der Waals surface area contributed by atoms with E-state index in [0.717, 1.165) is 11.8 Å². The van der Waals surface area contributed by atoms with Gasteiger partial charge in [-0.25, -0.2) is 12.8 Å². The van der Waals surface area contributed by atoms with Crippen LogP contribution in [0.2, 0.25) is 0 Å². The van der Waals surface area contributed by atoms with E-state index in [1.165, 1.54) is 33.1 Å². The average Bonchev–Trinajstić information content (AvgIpc) is 3.05.